The van der Waals surface area contributed by atoms with Crippen LogP contribution in [0, 0.1) is 17.0 Å². The minimum Gasteiger partial charge on any atom is -0.494 e. The molecule has 0 bridgehead atoms. The molecule has 0 saturated heterocycles. The molecule has 3 rings (SSSR count). The number of carbonyl (C=O) groups is 2. The lowest BCUT2D eigenvalue weighted by atomic mass is 10.1. The van der Waals surface area contributed by atoms with Crippen molar-refractivity contribution in [2.45, 2.75) is 18.7 Å². The fourth-order valence-electron chi connectivity index (χ4n) is 3.05. The summed E-state index contributed by atoms with van der Waals surface area (Å²) in [6, 6.07) is 15.2. The summed E-state index contributed by atoms with van der Waals surface area (Å²) in [5.41, 5.74) is 0.711. The maximum atomic E-state index is 12.8. The number of nitro benzene ring substituents is 1. The zero-order valence-corrected chi connectivity index (χ0v) is 19.7. The third-order valence-electron chi connectivity index (χ3n) is 4.89. The van der Waals surface area contributed by atoms with E-state index in [-0.39, 0.29) is 21.7 Å². The van der Waals surface area contributed by atoms with Crippen LogP contribution in [0.5, 0.6) is 5.75 Å². The highest BCUT2D eigenvalue weighted by Crippen LogP contribution is 2.22. The number of rotatable bonds is 10. The summed E-state index contributed by atoms with van der Waals surface area (Å²) in [5, 5.41) is 10.7. The van der Waals surface area contributed by atoms with Gasteiger partial charge in [0.25, 0.3) is 15.7 Å². The van der Waals surface area contributed by atoms with E-state index in [9.17, 15) is 28.1 Å². The number of nitrogens with one attached hydrogen (secondary N) is 1. The number of ether oxygens (including phenoxy) is 2. The van der Waals surface area contributed by atoms with E-state index < -0.39 is 33.3 Å². The Balaban J connectivity index is 1.71. The number of carbonyl (C=O) groups excluding carboxylic acids is 2. The van der Waals surface area contributed by atoms with E-state index in [1.54, 1.807) is 31.2 Å². The molecule has 0 aliphatic heterocycles. The first-order valence-electron chi connectivity index (χ1n) is 10.4. The predicted octanol–water partition coefficient (Wildman–Crippen LogP) is 4.14. The standard InChI is InChI=1S/C24H22N2O8S/c1-3-33-20-11-7-18(8-12-20)25-35(31,32)21-13-4-16(2)22(14-21)24(28)34-15-23(27)17-5-9-19(10-6-17)26(29)30/h4-14,25H,3,15H2,1-2H3. The minimum absolute atomic E-state index is 0.0175. The average molecular weight is 499 g/mol. The van der Waals surface area contributed by atoms with E-state index in [0.29, 0.717) is 23.6 Å². The summed E-state index contributed by atoms with van der Waals surface area (Å²) in [6.45, 7) is 3.30. The van der Waals surface area contributed by atoms with Crippen LogP contribution in [-0.4, -0.2) is 38.3 Å². The second-order valence-corrected chi connectivity index (χ2v) is 9.03. The van der Waals surface area contributed by atoms with Crippen LogP contribution in [0.1, 0.15) is 33.2 Å². The van der Waals surface area contributed by atoms with E-state index >= 15 is 0 Å². The maximum Gasteiger partial charge on any atom is 0.338 e. The normalized spacial score (nSPS) is 10.9. The lowest BCUT2D eigenvalue weighted by Gasteiger charge is -2.12. The Morgan fingerprint density at radius 2 is 1.66 bits per heavy atom. The van der Waals surface area contributed by atoms with Gasteiger partial charge < -0.3 is 9.47 Å². The molecule has 0 aliphatic rings. The Labute approximate surface area is 201 Å². The van der Waals surface area contributed by atoms with Gasteiger partial charge in [0.15, 0.2) is 12.4 Å². The molecule has 1 N–H and O–H groups in total. The number of non-ortho nitro benzene ring substituents is 1. The van der Waals surface area contributed by atoms with Crippen molar-refractivity contribution in [3.8, 4) is 5.75 Å². The van der Waals surface area contributed by atoms with Crippen molar-refractivity contribution in [2.75, 3.05) is 17.9 Å². The van der Waals surface area contributed by atoms with Crippen molar-refractivity contribution in [1.29, 1.82) is 0 Å². The molecule has 182 valence electrons. The van der Waals surface area contributed by atoms with E-state index in [4.69, 9.17) is 9.47 Å². The first-order valence-corrected chi connectivity index (χ1v) is 11.9. The molecule has 0 heterocycles. The van der Waals surface area contributed by atoms with Crippen LogP contribution in [0.2, 0.25) is 0 Å². The van der Waals surface area contributed by atoms with Crippen LogP contribution in [0.25, 0.3) is 0 Å². The second-order valence-electron chi connectivity index (χ2n) is 7.34. The Morgan fingerprint density at radius 3 is 2.26 bits per heavy atom. The van der Waals surface area contributed by atoms with E-state index in [2.05, 4.69) is 4.72 Å². The summed E-state index contributed by atoms with van der Waals surface area (Å²) >= 11 is 0. The van der Waals surface area contributed by atoms with Gasteiger partial charge in [0.1, 0.15) is 5.75 Å². The number of sulfonamides is 1. The molecule has 0 saturated carbocycles. The highest BCUT2D eigenvalue weighted by atomic mass is 32.2. The highest BCUT2D eigenvalue weighted by molar-refractivity contribution is 7.92. The van der Waals surface area contributed by atoms with Gasteiger partial charge in [-0.1, -0.05) is 6.07 Å². The van der Waals surface area contributed by atoms with Crippen LogP contribution in [0.15, 0.2) is 71.6 Å². The molecule has 0 spiro atoms. The van der Waals surface area contributed by atoms with Crippen LogP contribution in [0.3, 0.4) is 0 Å². The topological polar surface area (TPSA) is 142 Å². The van der Waals surface area contributed by atoms with E-state index in [0.717, 1.165) is 0 Å². The van der Waals surface area contributed by atoms with Gasteiger partial charge in [0.2, 0.25) is 0 Å². The van der Waals surface area contributed by atoms with Crippen molar-refractivity contribution in [1.82, 2.24) is 0 Å². The number of anilines is 1. The fraction of sp³-hybridized carbons (Fsp3) is 0.167. The van der Waals surface area contributed by atoms with Gasteiger partial charge in [0.05, 0.1) is 22.0 Å². The Hall–Kier alpha value is -4.25. The summed E-state index contributed by atoms with van der Waals surface area (Å²) < 4.78 is 38.5. The van der Waals surface area contributed by atoms with Gasteiger partial charge in [-0.25, -0.2) is 13.2 Å². The fourth-order valence-corrected chi connectivity index (χ4v) is 4.13. The Kier molecular flexibility index (Phi) is 7.82. The summed E-state index contributed by atoms with van der Waals surface area (Å²) in [4.78, 5) is 34.8. The van der Waals surface area contributed by atoms with Crippen molar-refractivity contribution in [3.63, 3.8) is 0 Å². The Morgan fingerprint density at radius 1 is 1.00 bits per heavy atom. The number of nitro groups is 1. The van der Waals surface area contributed by atoms with Gasteiger partial charge in [0, 0.05) is 23.4 Å². The summed E-state index contributed by atoms with van der Waals surface area (Å²) in [7, 11) is -4.02. The number of benzene rings is 3. The molecule has 0 aliphatic carbocycles. The SMILES string of the molecule is CCOc1ccc(NS(=O)(=O)c2ccc(C)c(C(=O)OCC(=O)c3ccc([N+](=O)[O-])cc3)c2)cc1. The first-order chi connectivity index (χ1) is 16.6. The second kappa shape index (κ2) is 10.8. The smallest absolute Gasteiger partial charge is 0.338 e. The van der Waals surface area contributed by atoms with Crippen LogP contribution >= 0.6 is 0 Å². The van der Waals surface area contributed by atoms with Crippen molar-refractivity contribution in [3.05, 3.63) is 93.5 Å². The van der Waals surface area contributed by atoms with Gasteiger partial charge in [-0.05, 0) is 67.9 Å². The van der Waals surface area contributed by atoms with Crippen molar-refractivity contribution in [2.24, 2.45) is 0 Å². The third kappa shape index (κ3) is 6.42. The molecule has 3 aromatic rings. The van der Waals surface area contributed by atoms with Gasteiger partial charge in [-0.15, -0.1) is 0 Å². The lowest BCUT2D eigenvalue weighted by Crippen LogP contribution is -2.17. The van der Waals surface area contributed by atoms with E-state index in [1.807, 2.05) is 6.92 Å². The van der Waals surface area contributed by atoms with Gasteiger partial charge >= 0.3 is 5.97 Å². The van der Waals surface area contributed by atoms with Crippen molar-refractivity contribution < 1.29 is 32.4 Å². The molecule has 11 heteroatoms. The summed E-state index contributed by atoms with van der Waals surface area (Å²) in [6.07, 6.45) is 0. The largest absolute Gasteiger partial charge is 0.494 e. The molecule has 35 heavy (non-hydrogen) atoms. The molecule has 10 nitrogen and oxygen atoms in total. The molecule has 0 amide bonds. The Bertz CT molecular complexity index is 1350. The number of Topliss-reactive ketones (excluding diaryl/α,β-unsaturated/α-hetero) is 1. The van der Waals surface area contributed by atoms with E-state index in [1.165, 1.54) is 42.5 Å². The maximum absolute atomic E-state index is 12.8. The average Bonchev–Trinajstić information content (AvgIpc) is 2.83. The van der Waals surface area contributed by atoms with Crippen LogP contribution < -0.4 is 9.46 Å². The van der Waals surface area contributed by atoms with Gasteiger partial charge in [-0.3, -0.25) is 19.6 Å². The molecular formula is C24H22N2O8S. The van der Waals surface area contributed by atoms with Crippen LogP contribution in [0.4, 0.5) is 11.4 Å². The third-order valence-corrected chi connectivity index (χ3v) is 6.27. The zero-order chi connectivity index (χ0) is 25.6. The highest BCUT2D eigenvalue weighted by Gasteiger charge is 2.20. The van der Waals surface area contributed by atoms with Crippen molar-refractivity contribution >= 4 is 33.2 Å². The minimum atomic E-state index is -4.02. The molecular weight excluding hydrogens is 476 g/mol. The number of nitrogens with zero attached hydrogens (tertiary/aromatic N) is 1. The molecule has 0 atom stereocenters. The number of hydrogen-bond acceptors (Lipinski definition) is 8. The monoisotopic (exact) mass is 498 g/mol. The summed E-state index contributed by atoms with van der Waals surface area (Å²) in [5.74, 6) is -0.846. The number of ketones is 1. The molecule has 3 aromatic carbocycles. The molecule has 0 fully saturated rings. The first kappa shape index (κ1) is 25.4. The molecule has 0 aromatic heterocycles. The molecule has 0 radical (unpaired) electrons. The lowest BCUT2D eigenvalue weighted by molar-refractivity contribution is -0.384. The van der Waals surface area contributed by atoms with Crippen LogP contribution in [-0.2, 0) is 14.8 Å². The number of esters is 1. The molecule has 0 unspecified atom stereocenters. The number of aryl methyl sites for hydroxylation is 1. The predicted molar refractivity (Wildman–Crippen MR) is 127 cm³/mol. The van der Waals surface area contributed by atoms with Gasteiger partial charge in [-0.2, -0.15) is 0 Å². The number of hydrogen-bond donors (Lipinski definition) is 1. The quantitative estimate of drug-likeness (QED) is 0.190. The zero-order valence-electron chi connectivity index (χ0n) is 18.9.